The number of rotatable bonds is 6. The summed E-state index contributed by atoms with van der Waals surface area (Å²) in [5.74, 6) is -0.229. The van der Waals surface area contributed by atoms with Gasteiger partial charge in [0.05, 0.1) is 6.10 Å². The summed E-state index contributed by atoms with van der Waals surface area (Å²) in [7, 11) is 0. The van der Waals surface area contributed by atoms with E-state index in [0.717, 1.165) is 58.2 Å². The van der Waals surface area contributed by atoms with Gasteiger partial charge < -0.3 is 9.64 Å². The molecule has 0 radical (unpaired) electrons. The van der Waals surface area contributed by atoms with Crippen LogP contribution in [0.3, 0.4) is 0 Å². The van der Waals surface area contributed by atoms with Crippen molar-refractivity contribution >= 4 is 11.7 Å². The van der Waals surface area contributed by atoms with Crippen LogP contribution >= 0.6 is 0 Å². The Morgan fingerprint density at radius 3 is 2.32 bits per heavy atom. The Kier molecular flexibility index (Phi) is 6.12. The van der Waals surface area contributed by atoms with E-state index in [2.05, 4.69) is 29.2 Å². The van der Waals surface area contributed by atoms with Gasteiger partial charge in [0, 0.05) is 32.7 Å². The maximum absolute atomic E-state index is 12.4. The molecule has 2 fully saturated rings. The van der Waals surface area contributed by atoms with Crippen molar-refractivity contribution < 1.29 is 14.3 Å². The number of Topliss-reactive ketones (excluding diaryl/α,β-unsaturated/α-hetero) is 1. The maximum Gasteiger partial charge on any atom is 0.289 e. The molecule has 1 aromatic rings. The zero-order valence-corrected chi connectivity index (χ0v) is 16.9. The van der Waals surface area contributed by atoms with Crippen LogP contribution in [-0.4, -0.2) is 66.4 Å². The molecule has 1 aromatic carbocycles. The van der Waals surface area contributed by atoms with Gasteiger partial charge in [-0.1, -0.05) is 24.3 Å². The molecule has 3 aliphatic rings. The molecule has 0 N–H and O–H groups in total. The van der Waals surface area contributed by atoms with Crippen LogP contribution in [0.15, 0.2) is 24.3 Å². The predicted octanol–water partition coefficient (Wildman–Crippen LogP) is 2.46. The van der Waals surface area contributed by atoms with Crippen LogP contribution in [0.25, 0.3) is 0 Å². The number of hydrogen-bond donors (Lipinski definition) is 0. The van der Waals surface area contributed by atoms with Gasteiger partial charge in [-0.3, -0.25) is 14.5 Å². The minimum atomic E-state index is -0.362. The van der Waals surface area contributed by atoms with Crippen LogP contribution in [0.2, 0.25) is 0 Å². The lowest BCUT2D eigenvalue weighted by Crippen LogP contribution is -2.47. The minimum Gasteiger partial charge on any atom is -0.376 e. The van der Waals surface area contributed by atoms with Crippen LogP contribution in [-0.2, 0) is 27.2 Å². The number of benzene rings is 1. The van der Waals surface area contributed by atoms with E-state index in [0.29, 0.717) is 25.0 Å². The molecule has 4 rings (SSSR count). The number of hydrogen-bond acceptors (Lipinski definition) is 4. The number of fused-ring (bicyclic) bond motifs is 1. The summed E-state index contributed by atoms with van der Waals surface area (Å²) in [6.07, 6.45) is 6.65. The molecule has 152 valence electrons. The molecule has 5 heteroatoms. The Bertz CT molecular complexity index is 681. The maximum atomic E-state index is 12.4. The number of ether oxygens (including phenoxy) is 1. The molecule has 1 aliphatic carbocycles. The highest BCUT2D eigenvalue weighted by atomic mass is 16.5. The Morgan fingerprint density at radius 2 is 1.75 bits per heavy atom. The van der Waals surface area contributed by atoms with E-state index in [1.54, 1.807) is 4.90 Å². The Labute approximate surface area is 168 Å². The molecule has 0 aromatic heterocycles. The normalized spacial score (nSPS) is 23.7. The van der Waals surface area contributed by atoms with Gasteiger partial charge in [-0.2, -0.15) is 0 Å². The van der Waals surface area contributed by atoms with Crippen molar-refractivity contribution in [3.63, 3.8) is 0 Å². The molecule has 2 aliphatic heterocycles. The summed E-state index contributed by atoms with van der Waals surface area (Å²) >= 11 is 0. The highest BCUT2D eigenvalue weighted by Gasteiger charge is 2.32. The Hall–Kier alpha value is -1.72. The van der Waals surface area contributed by atoms with E-state index < -0.39 is 0 Å². The zero-order chi connectivity index (χ0) is 19.5. The fourth-order valence-corrected chi connectivity index (χ4v) is 5.10. The third kappa shape index (κ3) is 4.47. The lowest BCUT2D eigenvalue weighted by Gasteiger charge is -2.38. The van der Waals surface area contributed by atoms with Crippen LogP contribution in [0, 0.1) is 5.92 Å². The van der Waals surface area contributed by atoms with Crippen molar-refractivity contribution in [1.29, 1.82) is 0 Å². The molecule has 5 nitrogen and oxygen atoms in total. The van der Waals surface area contributed by atoms with E-state index in [4.69, 9.17) is 4.74 Å². The summed E-state index contributed by atoms with van der Waals surface area (Å²) in [5, 5.41) is 0. The molecular weight excluding hydrogens is 352 g/mol. The highest BCUT2D eigenvalue weighted by Crippen LogP contribution is 2.29. The second kappa shape index (κ2) is 8.75. The van der Waals surface area contributed by atoms with Crippen molar-refractivity contribution in [1.82, 2.24) is 9.80 Å². The fourth-order valence-electron chi connectivity index (χ4n) is 5.10. The van der Waals surface area contributed by atoms with Crippen LogP contribution in [0.4, 0.5) is 0 Å². The number of likely N-dealkylation sites (tertiary alicyclic amines) is 1. The summed E-state index contributed by atoms with van der Waals surface area (Å²) in [4.78, 5) is 28.5. The SMILES string of the molecule is CC(=O)C(=O)N(CC1CCN(C2Cc3ccccc3C2)CC1)CC1CCCO1. The van der Waals surface area contributed by atoms with Crippen molar-refractivity contribution in [2.45, 2.75) is 57.6 Å². The molecule has 0 bridgehead atoms. The monoisotopic (exact) mass is 384 g/mol. The van der Waals surface area contributed by atoms with Crippen molar-refractivity contribution in [2.75, 3.05) is 32.8 Å². The van der Waals surface area contributed by atoms with Gasteiger partial charge >= 0.3 is 0 Å². The van der Waals surface area contributed by atoms with Gasteiger partial charge in [-0.15, -0.1) is 0 Å². The van der Waals surface area contributed by atoms with Gasteiger partial charge in [0.1, 0.15) is 0 Å². The second-order valence-electron chi connectivity index (χ2n) is 8.71. The van der Waals surface area contributed by atoms with Crippen molar-refractivity contribution in [3.8, 4) is 0 Å². The molecule has 1 atom stereocenters. The largest absolute Gasteiger partial charge is 0.376 e. The highest BCUT2D eigenvalue weighted by molar-refractivity contribution is 6.35. The van der Waals surface area contributed by atoms with Gasteiger partial charge in [0.15, 0.2) is 0 Å². The third-order valence-corrected chi connectivity index (χ3v) is 6.71. The summed E-state index contributed by atoms with van der Waals surface area (Å²) in [5.41, 5.74) is 3.01. The van der Waals surface area contributed by atoms with Gasteiger partial charge in [0.25, 0.3) is 5.91 Å². The molecule has 1 amide bonds. The molecule has 2 saturated heterocycles. The number of ketones is 1. The quantitative estimate of drug-likeness (QED) is 0.707. The van der Waals surface area contributed by atoms with E-state index in [9.17, 15) is 9.59 Å². The average Bonchev–Trinajstić information content (AvgIpc) is 3.36. The standard InChI is InChI=1S/C23H32N2O3/c1-17(26)23(27)25(16-22-7-4-12-28-22)15-18-8-10-24(11-9-18)21-13-19-5-2-3-6-20(19)14-21/h2-3,5-6,18,21-22H,4,7-16H2,1H3. The number of carbonyl (C=O) groups is 2. The number of amides is 1. The smallest absolute Gasteiger partial charge is 0.289 e. The first kappa shape index (κ1) is 19.6. The molecular formula is C23H32N2O3. The second-order valence-corrected chi connectivity index (χ2v) is 8.71. The number of carbonyl (C=O) groups excluding carboxylic acids is 2. The van der Waals surface area contributed by atoms with E-state index in [1.807, 2.05) is 0 Å². The first-order valence-corrected chi connectivity index (χ1v) is 10.8. The molecule has 28 heavy (non-hydrogen) atoms. The van der Waals surface area contributed by atoms with E-state index in [1.165, 1.54) is 18.1 Å². The topological polar surface area (TPSA) is 49.9 Å². The number of nitrogens with zero attached hydrogens (tertiary/aromatic N) is 2. The fraction of sp³-hybridized carbons (Fsp3) is 0.652. The van der Waals surface area contributed by atoms with Crippen LogP contribution in [0.1, 0.15) is 43.7 Å². The first-order chi connectivity index (χ1) is 13.6. The van der Waals surface area contributed by atoms with Gasteiger partial charge in [-0.25, -0.2) is 0 Å². The molecule has 2 heterocycles. The molecule has 0 saturated carbocycles. The van der Waals surface area contributed by atoms with Gasteiger partial charge in [0.2, 0.25) is 5.78 Å². The number of piperidine rings is 1. The van der Waals surface area contributed by atoms with Gasteiger partial charge in [-0.05, 0) is 68.7 Å². The summed E-state index contributed by atoms with van der Waals surface area (Å²) in [6, 6.07) is 9.43. The average molecular weight is 385 g/mol. The Morgan fingerprint density at radius 1 is 1.07 bits per heavy atom. The van der Waals surface area contributed by atoms with Crippen LogP contribution in [0.5, 0.6) is 0 Å². The zero-order valence-electron chi connectivity index (χ0n) is 16.9. The third-order valence-electron chi connectivity index (χ3n) is 6.71. The Balaban J connectivity index is 1.29. The lowest BCUT2D eigenvalue weighted by atomic mass is 9.94. The first-order valence-electron chi connectivity index (χ1n) is 10.8. The van der Waals surface area contributed by atoms with Crippen LogP contribution < -0.4 is 0 Å². The summed E-state index contributed by atoms with van der Waals surface area (Å²) in [6.45, 7) is 5.59. The lowest BCUT2D eigenvalue weighted by molar-refractivity contribution is -0.145. The van der Waals surface area contributed by atoms with E-state index in [-0.39, 0.29) is 17.8 Å². The van der Waals surface area contributed by atoms with Crippen molar-refractivity contribution in [3.05, 3.63) is 35.4 Å². The van der Waals surface area contributed by atoms with E-state index >= 15 is 0 Å². The molecule has 1 unspecified atom stereocenters. The summed E-state index contributed by atoms with van der Waals surface area (Å²) < 4.78 is 5.70. The molecule has 0 spiro atoms. The van der Waals surface area contributed by atoms with Crippen molar-refractivity contribution in [2.24, 2.45) is 5.92 Å². The minimum absolute atomic E-state index is 0.0976. The predicted molar refractivity (Wildman–Crippen MR) is 108 cm³/mol.